The molecule has 0 aromatic rings. The lowest BCUT2D eigenvalue weighted by molar-refractivity contribution is -0.0671. The summed E-state index contributed by atoms with van der Waals surface area (Å²) < 4.78 is 5.33. The molecule has 2 aliphatic heterocycles. The van der Waals surface area contributed by atoms with Crippen LogP contribution in [0.15, 0.2) is 17.3 Å². The summed E-state index contributed by atoms with van der Waals surface area (Å²) in [6.07, 6.45) is 1.54. The molecule has 0 saturated carbocycles. The zero-order valence-corrected chi connectivity index (χ0v) is 8.10. The monoisotopic (exact) mass is 214 g/mol. The Bertz CT molecular complexity index is 281. The largest absolute Gasteiger partial charge is 0.394 e. The molecule has 0 aromatic carbocycles. The molecule has 0 radical (unpaired) electrons. The number of rotatable bonds is 2. The van der Waals surface area contributed by atoms with Crippen molar-refractivity contribution in [1.29, 1.82) is 0 Å². The van der Waals surface area contributed by atoms with Gasteiger partial charge in [0.25, 0.3) is 0 Å². The van der Waals surface area contributed by atoms with Crippen LogP contribution >= 0.6 is 0 Å². The molecule has 0 amide bonds. The van der Waals surface area contributed by atoms with Gasteiger partial charge < -0.3 is 25.0 Å². The van der Waals surface area contributed by atoms with Crippen LogP contribution in [0.5, 0.6) is 0 Å². The normalized spacial score (nSPS) is 40.1. The second-order valence-electron chi connectivity index (χ2n) is 3.57. The summed E-state index contributed by atoms with van der Waals surface area (Å²) in [6, 6.07) is 0. The molecule has 2 heterocycles. The molecule has 2 rings (SSSR count). The van der Waals surface area contributed by atoms with Crippen molar-refractivity contribution < 1.29 is 20.1 Å². The molecule has 6 nitrogen and oxygen atoms in total. The smallest absolute Gasteiger partial charge is 0.160 e. The van der Waals surface area contributed by atoms with Gasteiger partial charge in [0.1, 0.15) is 18.3 Å². The third-order valence-corrected chi connectivity index (χ3v) is 2.57. The fraction of sp³-hybridized carbons (Fsp3) is 0.667. The topological polar surface area (TPSA) is 85.5 Å². The number of nitrogens with zero attached hydrogens (tertiary/aromatic N) is 2. The molecule has 3 N–H and O–H groups in total. The van der Waals surface area contributed by atoms with Crippen molar-refractivity contribution >= 4 is 6.34 Å². The third-order valence-electron chi connectivity index (χ3n) is 2.57. The molecule has 2 aliphatic rings. The highest BCUT2D eigenvalue weighted by Crippen LogP contribution is 2.23. The number of aliphatic hydroxyl groups is 3. The summed E-state index contributed by atoms with van der Waals surface area (Å²) in [5.41, 5.74) is 0. The van der Waals surface area contributed by atoms with Gasteiger partial charge in [0.15, 0.2) is 6.23 Å². The van der Waals surface area contributed by atoms with Gasteiger partial charge in [-0.2, -0.15) is 0 Å². The summed E-state index contributed by atoms with van der Waals surface area (Å²) >= 11 is 0. The van der Waals surface area contributed by atoms with Gasteiger partial charge in [0.05, 0.1) is 12.9 Å². The zero-order chi connectivity index (χ0) is 10.8. The van der Waals surface area contributed by atoms with E-state index in [1.165, 1.54) is 0 Å². The average Bonchev–Trinajstić information content (AvgIpc) is 2.57. The van der Waals surface area contributed by atoms with E-state index < -0.39 is 24.5 Å². The number of aliphatic imine (C=N–C) groups is 1. The minimum atomic E-state index is -1.06. The molecule has 0 aliphatic carbocycles. The summed E-state index contributed by atoms with van der Waals surface area (Å²) in [4.78, 5) is 5.57. The van der Waals surface area contributed by atoms with E-state index in [4.69, 9.17) is 9.84 Å². The first-order chi connectivity index (χ1) is 7.24. The lowest BCUT2D eigenvalue weighted by atomic mass is 10.1. The van der Waals surface area contributed by atoms with Gasteiger partial charge in [-0.15, -0.1) is 0 Å². The molecular weight excluding hydrogens is 200 g/mol. The molecule has 6 heteroatoms. The number of ether oxygens (including phenoxy) is 1. The molecule has 4 atom stereocenters. The standard InChI is InChI=1S/C9H14N2O4/c12-4-6-7(13)8(14)9(15-6)11-3-1-2-10-5-11/h1-2,5-9,12-14H,3-4H2/t6-,7-,8+,9-/m1/s1. The first-order valence-electron chi connectivity index (χ1n) is 4.80. The van der Waals surface area contributed by atoms with E-state index in [0.29, 0.717) is 6.54 Å². The Hall–Kier alpha value is -0.950. The maximum atomic E-state index is 9.70. The van der Waals surface area contributed by atoms with Crippen LogP contribution in [0.3, 0.4) is 0 Å². The van der Waals surface area contributed by atoms with Gasteiger partial charge in [-0.25, -0.2) is 4.99 Å². The summed E-state index contributed by atoms with van der Waals surface area (Å²) in [6.45, 7) is 0.256. The van der Waals surface area contributed by atoms with Gasteiger partial charge in [-0.05, 0) is 6.08 Å². The maximum Gasteiger partial charge on any atom is 0.160 e. The fourth-order valence-corrected chi connectivity index (χ4v) is 1.72. The number of aliphatic hydroxyl groups excluding tert-OH is 3. The summed E-state index contributed by atoms with van der Waals surface area (Å²) in [5.74, 6) is 0. The highest BCUT2D eigenvalue weighted by molar-refractivity contribution is 5.58. The SMILES string of the molecule is OC[C@H]1O[C@@H](N2C=NC=CC2)[C@@H](O)[C@@H]1O. The molecule has 0 spiro atoms. The first kappa shape index (κ1) is 10.6. The summed E-state index contributed by atoms with van der Waals surface area (Å²) in [5, 5.41) is 28.1. The molecule has 1 fully saturated rings. The van der Waals surface area contributed by atoms with Crippen LogP contribution in [-0.4, -0.2) is 64.2 Å². The second kappa shape index (κ2) is 4.28. The van der Waals surface area contributed by atoms with Crippen LogP contribution in [0, 0.1) is 0 Å². The highest BCUT2D eigenvalue weighted by Gasteiger charge is 2.44. The lowest BCUT2D eigenvalue weighted by Gasteiger charge is -2.28. The van der Waals surface area contributed by atoms with Crippen LogP contribution in [0.2, 0.25) is 0 Å². The van der Waals surface area contributed by atoms with Crippen molar-refractivity contribution in [2.45, 2.75) is 24.5 Å². The highest BCUT2D eigenvalue weighted by atomic mass is 16.6. The predicted molar refractivity (Wildman–Crippen MR) is 52.1 cm³/mol. The number of hydrogen-bond donors (Lipinski definition) is 3. The van der Waals surface area contributed by atoms with Crippen molar-refractivity contribution in [2.75, 3.05) is 13.2 Å². The Morgan fingerprint density at radius 2 is 2.20 bits per heavy atom. The molecule has 1 saturated heterocycles. The Balaban J connectivity index is 2.04. The van der Waals surface area contributed by atoms with Crippen LogP contribution in [0.1, 0.15) is 0 Å². The zero-order valence-electron chi connectivity index (χ0n) is 8.10. The predicted octanol–water partition coefficient (Wildman–Crippen LogP) is -1.72. The quantitative estimate of drug-likeness (QED) is 0.509. The Kier molecular flexibility index (Phi) is 3.01. The minimum Gasteiger partial charge on any atom is -0.394 e. The van der Waals surface area contributed by atoms with Gasteiger partial charge in [-0.1, -0.05) is 0 Å². The van der Waals surface area contributed by atoms with E-state index in [1.807, 2.05) is 6.08 Å². The van der Waals surface area contributed by atoms with Crippen LogP contribution in [0.25, 0.3) is 0 Å². The number of hydrogen-bond acceptors (Lipinski definition) is 6. The van der Waals surface area contributed by atoms with Gasteiger partial charge in [0, 0.05) is 12.7 Å². The Morgan fingerprint density at radius 1 is 1.40 bits per heavy atom. The molecular formula is C9H14N2O4. The van der Waals surface area contributed by atoms with Gasteiger partial charge in [0.2, 0.25) is 0 Å². The fourth-order valence-electron chi connectivity index (χ4n) is 1.72. The van der Waals surface area contributed by atoms with Crippen molar-refractivity contribution in [3.63, 3.8) is 0 Å². The lowest BCUT2D eigenvalue weighted by Crippen LogP contribution is -2.44. The van der Waals surface area contributed by atoms with E-state index in [2.05, 4.69) is 4.99 Å². The van der Waals surface area contributed by atoms with E-state index in [1.54, 1.807) is 17.4 Å². The third kappa shape index (κ3) is 1.89. The van der Waals surface area contributed by atoms with Crippen molar-refractivity contribution in [1.82, 2.24) is 4.90 Å². The van der Waals surface area contributed by atoms with Crippen LogP contribution < -0.4 is 0 Å². The molecule has 0 unspecified atom stereocenters. The Labute approximate surface area is 87.1 Å². The molecule has 0 aromatic heterocycles. The van der Waals surface area contributed by atoms with Gasteiger partial charge in [-0.3, -0.25) is 0 Å². The van der Waals surface area contributed by atoms with Crippen molar-refractivity contribution in [3.05, 3.63) is 12.3 Å². The molecule has 0 bridgehead atoms. The second-order valence-corrected chi connectivity index (χ2v) is 3.57. The maximum absolute atomic E-state index is 9.70. The minimum absolute atomic E-state index is 0.310. The van der Waals surface area contributed by atoms with Crippen molar-refractivity contribution in [3.8, 4) is 0 Å². The van der Waals surface area contributed by atoms with E-state index in [9.17, 15) is 10.2 Å². The summed E-state index contributed by atoms with van der Waals surface area (Å²) in [7, 11) is 0. The van der Waals surface area contributed by atoms with E-state index in [0.717, 1.165) is 0 Å². The van der Waals surface area contributed by atoms with Crippen LogP contribution in [0.4, 0.5) is 0 Å². The molecule has 84 valence electrons. The van der Waals surface area contributed by atoms with E-state index >= 15 is 0 Å². The van der Waals surface area contributed by atoms with Gasteiger partial charge >= 0.3 is 0 Å². The van der Waals surface area contributed by atoms with E-state index in [-0.39, 0.29) is 6.61 Å². The average molecular weight is 214 g/mol. The van der Waals surface area contributed by atoms with Crippen LogP contribution in [-0.2, 0) is 4.74 Å². The first-order valence-corrected chi connectivity index (χ1v) is 4.80. The van der Waals surface area contributed by atoms with Crippen molar-refractivity contribution in [2.24, 2.45) is 4.99 Å². The Morgan fingerprint density at radius 3 is 2.73 bits per heavy atom. The molecule has 15 heavy (non-hydrogen) atoms.